The summed E-state index contributed by atoms with van der Waals surface area (Å²) in [4.78, 5) is 28.4. The van der Waals surface area contributed by atoms with Crippen molar-refractivity contribution in [1.82, 2.24) is 9.88 Å². The molecule has 0 atom stereocenters. The number of pyridine rings is 1. The van der Waals surface area contributed by atoms with Crippen LogP contribution in [0, 0.1) is 10.1 Å². The van der Waals surface area contributed by atoms with Gasteiger partial charge in [-0.05, 0) is 12.5 Å². The summed E-state index contributed by atoms with van der Waals surface area (Å²) in [5, 5.41) is 10.9. The van der Waals surface area contributed by atoms with Gasteiger partial charge < -0.3 is 4.90 Å². The molecule has 1 aliphatic heterocycles. The zero-order chi connectivity index (χ0) is 15.6. The second kappa shape index (κ2) is 6.19. The number of amides is 1. The summed E-state index contributed by atoms with van der Waals surface area (Å²) in [6, 6.07) is 1.36. The molecular formula is C13H16ClN3O3S. The van der Waals surface area contributed by atoms with Gasteiger partial charge in [0.25, 0.3) is 5.91 Å². The van der Waals surface area contributed by atoms with Crippen molar-refractivity contribution in [3.63, 3.8) is 0 Å². The van der Waals surface area contributed by atoms with Crippen molar-refractivity contribution in [1.29, 1.82) is 0 Å². The second-order valence-corrected chi connectivity index (χ2v) is 7.57. The first-order chi connectivity index (χ1) is 9.82. The van der Waals surface area contributed by atoms with Gasteiger partial charge in [-0.25, -0.2) is 4.98 Å². The van der Waals surface area contributed by atoms with Gasteiger partial charge in [0.05, 0.1) is 4.92 Å². The molecule has 0 saturated carbocycles. The van der Waals surface area contributed by atoms with Crippen LogP contribution in [-0.2, 0) is 0 Å². The quantitative estimate of drug-likeness (QED) is 0.473. The fourth-order valence-electron chi connectivity index (χ4n) is 2.17. The number of halogens is 1. The SMILES string of the molecule is CC1(C)CCN(C(=O)c2ccnc(Cl)c2[N+](=O)[O-])CCS1. The maximum atomic E-state index is 12.6. The Labute approximate surface area is 132 Å². The van der Waals surface area contributed by atoms with Gasteiger partial charge in [0.2, 0.25) is 5.15 Å². The average Bonchev–Trinajstić information content (AvgIpc) is 2.58. The highest BCUT2D eigenvalue weighted by Gasteiger charge is 2.31. The van der Waals surface area contributed by atoms with Crippen molar-refractivity contribution in [3.05, 3.63) is 33.1 Å². The summed E-state index contributed by atoms with van der Waals surface area (Å²) in [7, 11) is 0. The van der Waals surface area contributed by atoms with Crippen LogP contribution in [0.5, 0.6) is 0 Å². The van der Waals surface area contributed by atoms with Gasteiger partial charge in [-0.2, -0.15) is 11.8 Å². The van der Waals surface area contributed by atoms with Gasteiger partial charge in [-0.15, -0.1) is 0 Å². The Kier molecular flexibility index (Phi) is 4.73. The third-order valence-corrected chi connectivity index (χ3v) is 5.07. The first-order valence-electron chi connectivity index (χ1n) is 6.54. The lowest BCUT2D eigenvalue weighted by Crippen LogP contribution is -2.34. The molecule has 0 radical (unpaired) electrons. The summed E-state index contributed by atoms with van der Waals surface area (Å²) < 4.78 is 0.108. The molecule has 0 unspecified atom stereocenters. The highest BCUT2D eigenvalue weighted by Crippen LogP contribution is 2.32. The lowest BCUT2D eigenvalue weighted by molar-refractivity contribution is -0.385. The minimum atomic E-state index is -0.654. The van der Waals surface area contributed by atoms with Crippen LogP contribution >= 0.6 is 23.4 Å². The van der Waals surface area contributed by atoms with E-state index in [1.165, 1.54) is 12.3 Å². The van der Waals surface area contributed by atoms with Gasteiger partial charge >= 0.3 is 5.69 Å². The third kappa shape index (κ3) is 3.65. The molecule has 21 heavy (non-hydrogen) atoms. The van der Waals surface area contributed by atoms with Crippen LogP contribution in [0.25, 0.3) is 0 Å². The van der Waals surface area contributed by atoms with E-state index in [9.17, 15) is 14.9 Å². The summed E-state index contributed by atoms with van der Waals surface area (Å²) >= 11 is 7.56. The van der Waals surface area contributed by atoms with E-state index in [0.717, 1.165) is 12.2 Å². The van der Waals surface area contributed by atoms with Crippen LogP contribution in [0.1, 0.15) is 30.6 Å². The molecule has 0 spiro atoms. The predicted octanol–water partition coefficient (Wildman–Crippen LogP) is 3.00. The maximum Gasteiger partial charge on any atom is 0.319 e. The fourth-order valence-corrected chi connectivity index (χ4v) is 3.50. The zero-order valence-corrected chi connectivity index (χ0v) is 13.4. The number of thioether (sulfide) groups is 1. The first kappa shape index (κ1) is 16.0. The van der Waals surface area contributed by atoms with E-state index in [0.29, 0.717) is 13.1 Å². The first-order valence-corrected chi connectivity index (χ1v) is 7.90. The Morgan fingerprint density at radius 1 is 1.52 bits per heavy atom. The third-order valence-electron chi connectivity index (χ3n) is 3.42. The van der Waals surface area contributed by atoms with Gasteiger partial charge in [0.1, 0.15) is 5.56 Å². The number of carbonyl (C=O) groups is 1. The topological polar surface area (TPSA) is 76.3 Å². The lowest BCUT2D eigenvalue weighted by atomic mass is 10.1. The van der Waals surface area contributed by atoms with Gasteiger partial charge in [-0.3, -0.25) is 14.9 Å². The molecule has 1 aromatic rings. The number of hydrogen-bond acceptors (Lipinski definition) is 5. The van der Waals surface area contributed by atoms with Crippen molar-refractivity contribution in [2.45, 2.75) is 25.0 Å². The molecule has 8 heteroatoms. The molecule has 1 amide bonds. The molecule has 2 rings (SSSR count). The Balaban J connectivity index is 2.28. The van der Waals surface area contributed by atoms with Crippen molar-refractivity contribution < 1.29 is 9.72 Å². The van der Waals surface area contributed by atoms with E-state index in [1.807, 2.05) is 0 Å². The summed E-state index contributed by atoms with van der Waals surface area (Å²) in [5.41, 5.74) is -0.412. The smallest absolute Gasteiger partial charge is 0.319 e. The summed E-state index contributed by atoms with van der Waals surface area (Å²) in [5.74, 6) is 0.454. The molecule has 0 aromatic carbocycles. The van der Waals surface area contributed by atoms with E-state index in [-0.39, 0.29) is 21.4 Å². The van der Waals surface area contributed by atoms with Crippen molar-refractivity contribution in [2.75, 3.05) is 18.8 Å². The summed E-state index contributed by atoms with van der Waals surface area (Å²) in [6.45, 7) is 5.43. The van der Waals surface area contributed by atoms with Crippen molar-refractivity contribution in [2.24, 2.45) is 0 Å². The molecule has 0 N–H and O–H groups in total. The van der Waals surface area contributed by atoms with Crippen LogP contribution in [0.2, 0.25) is 5.15 Å². The predicted molar refractivity (Wildman–Crippen MR) is 83.0 cm³/mol. The van der Waals surface area contributed by atoms with Crippen LogP contribution < -0.4 is 0 Å². The van der Waals surface area contributed by atoms with Gasteiger partial charge in [0, 0.05) is 29.8 Å². The van der Waals surface area contributed by atoms with Crippen molar-refractivity contribution in [3.8, 4) is 0 Å². The Hall–Kier alpha value is -1.34. The average molecular weight is 330 g/mol. The van der Waals surface area contributed by atoms with E-state index >= 15 is 0 Å². The van der Waals surface area contributed by atoms with Crippen LogP contribution in [-0.4, -0.2) is 44.3 Å². The van der Waals surface area contributed by atoms with E-state index in [4.69, 9.17) is 11.6 Å². The highest BCUT2D eigenvalue weighted by atomic mass is 35.5. The molecule has 1 aliphatic rings. The molecular weight excluding hydrogens is 314 g/mol. The van der Waals surface area contributed by atoms with Gasteiger partial charge in [0.15, 0.2) is 0 Å². The molecule has 1 aromatic heterocycles. The number of nitro groups is 1. The number of nitrogens with zero attached hydrogens (tertiary/aromatic N) is 3. The number of aromatic nitrogens is 1. The largest absolute Gasteiger partial charge is 0.338 e. The standard InChI is InChI=1S/C13H16ClN3O3S/c1-13(2)4-6-16(7-8-21-13)12(18)9-3-5-15-11(14)10(9)17(19)20/h3,5H,4,6-8H2,1-2H3. The highest BCUT2D eigenvalue weighted by molar-refractivity contribution is 8.00. The molecule has 1 fully saturated rings. The molecule has 0 aliphatic carbocycles. The zero-order valence-electron chi connectivity index (χ0n) is 11.8. The molecule has 1 saturated heterocycles. The lowest BCUT2D eigenvalue weighted by Gasteiger charge is -2.22. The second-order valence-electron chi connectivity index (χ2n) is 5.41. The fraction of sp³-hybridized carbons (Fsp3) is 0.538. The molecule has 2 heterocycles. The number of carbonyl (C=O) groups excluding carboxylic acids is 1. The monoisotopic (exact) mass is 329 g/mol. The number of rotatable bonds is 2. The molecule has 114 valence electrons. The maximum absolute atomic E-state index is 12.6. The van der Waals surface area contributed by atoms with Crippen molar-refractivity contribution >= 4 is 35.0 Å². The number of hydrogen-bond donors (Lipinski definition) is 0. The minimum Gasteiger partial charge on any atom is -0.338 e. The Morgan fingerprint density at radius 3 is 2.90 bits per heavy atom. The molecule has 6 nitrogen and oxygen atoms in total. The van der Waals surface area contributed by atoms with Gasteiger partial charge in [-0.1, -0.05) is 25.4 Å². The molecule has 0 bridgehead atoms. The normalized spacial score (nSPS) is 18.1. The Bertz CT molecular complexity index is 580. The Morgan fingerprint density at radius 2 is 2.24 bits per heavy atom. The minimum absolute atomic E-state index is 0.00436. The van der Waals surface area contributed by atoms with Crippen LogP contribution in [0.4, 0.5) is 5.69 Å². The van der Waals surface area contributed by atoms with E-state index in [1.54, 1.807) is 16.7 Å². The van der Waals surface area contributed by atoms with E-state index < -0.39 is 10.6 Å². The van der Waals surface area contributed by atoms with Crippen LogP contribution in [0.3, 0.4) is 0 Å². The van der Waals surface area contributed by atoms with E-state index in [2.05, 4.69) is 18.8 Å². The van der Waals surface area contributed by atoms with Crippen LogP contribution in [0.15, 0.2) is 12.3 Å². The summed E-state index contributed by atoms with van der Waals surface area (Å²) in [6.07, 6.45) is 2.16.